The highest BCUT2D eigenvalue weighted by atomic mass is 16.5. The topological polar surface area (TPSA) is 74.4 Å². The van der Waals surface area contributed by atoms with Gasteiger partial charge in [-0.2, -0.15) is 0 Å². The molecule has 142 valence electrons. The molecule has 7 heteroatoms. The van der Waals surface area contributed by atoms with Crippen molar-refractivity contribution < 1.29 is 28.3 Å². The highest BCUT2D eigenvalue weighted by Crippen LogP contribution is 2.38. The van der Waals surface area contributed by atoms with Crippen LogP contribution in [-0.2, 0) is 17.9 Å². The van der Waals surface area contributed by atoms with Crippen LogP contribution in [0, 0.1) is 6.92 Å². The van der Waals surface area contributed by atoms with Crippen molar-refractivity contribution >= 4 is 5.91 Å². The summed E-state index contributed by atoms with van der Waals surface area (Å²) in [4.78, 5) is 13.2. The first-order valence-corrected chi connectivity index (χ1v) is 8.39. The fourth-order valence-electron chi connectivity index (χ4n) is 2.71. The Morgan fingerprint density at radius 2 is 1.77 bits per heavy atom. The Labute approximate surface area is 153 Å². The number of rotatable bonds is 9. The number of amides is 1. The van der Waals surface area contributed by atoms with Crippen LogP contribution < -0.4 is 24.4 Å². The fourth-order valence-corrected chi connectivity index (χ4v) is 2.71. The summed E-state index contributed by atoms with van der Waals surface area (Å²) in [6.07, 6.45) is 0. The molecule has 7 nitrogen and oxygen atoms in total. The lowest BCUT2D eigenvalue weighted by atomic mass is 10.1. The fraction of sp³-hybridized carbons (Fsp3) is 0.421. The number of likely N-dealkylation sites (N-methyl/N-ethyl adjacent to an activating group) is 1. The second kappa shape index (κ2) is 9.15. The summed E-state index contributed by atoms with van der Waals surface area (Å²) < 4.78 is 21.5. The van der Waals surface area contributed by atoms with Crippen molar-refractivity contribution in [3.8, 4) is 17.2 Å². The van der Waals surface area contributed by atoms with E-state index in [1.54, 1.807) is 21.3 Å². The Morgan fingerprint density at radius 1 is 1.12 bits per heavy atom. The van der Waals surface area contributed by atoms with E-state index in [0.29, 0.717) is 36.9 Å². The molecule has 26 heavy (non-hydrogen) atoms. The molecule has 1 unspecified atom stereocenters. The Balaban J connectivity index is 1.92. The van der Waals surface area contributed by atoms with Gasteiger partial charge in [-0.1, -0.05) is 0 Å². The van der Waals surface area contributed by atoms with Gasteiger partial charge in [0.25, 0.3) is 5.91 Å². The molecule has 0 aliphatic carbocycles. The van der Waals surface area contributed by atoms with E-state index in [4.69, 9.17) is 18.6 Å². The summed E-state index contributed by atoms with van der Waals surface area (Å²) in [7, 11) is 6.64. The summed E-state index contributed by atoms with van der Waals surface area (Å²) in [6.45, 7) is 3.29. The number of hydrogen-bond donors (Lipinski definition) is 2. The lowest BCUT2D eigenvalue weighted by Crippen LogP contribution is -3.08. The first-order chi connectivity index (χ1) is 12.5. The first-order valence-electron chi connectivity index (χ1n) is 8.39. The second-order valence-corrected chi connectivity index (χ2v) is 6.13. The van der Waals surface area contributed by atoms with Gasteiger partial charge >= 0.3 is 0 Å². The molecule has 1 heterocycles. The van der Waals surface area contributed by atoms with Crippen molar-refractivity contribution in [1.82, 2.24) is 5.32 Å². The standard InChI is InChI=1S/C19H26N2O5/c1-13-6-7-15(26-13)11-21(2)12-18(22)20-10-14-8-16(23-3)19(25-5)17(9-14)24-4/h6-9H,10-12H2,1-5H3,(H,20,22)/p+1. The number of nitrogens with one attached hydrogen (secondary N) is 2. The summed E-state index contributed by atoms with van der Waals surface area (Å²) >= 11 is 0. The van der Waals surface area contributed by atoms with E-state index in [-0.39, 0.29) is 5.91 Å². The zero-order valence-electron chi connectivity index (χ0n) is 16.0. The molecule has 0 saturated carbocycles. The molecule has 0 aliphatic rings. The molecule has 0 bridgehead atoms. The SMILES string of the molecule is COc1cc(CNC(=O)C[NH+](C)Cc2ccc(C)o2)cc(OC)c1OC. The van der Waals surface area contributed by atoms with Gasteiger partial charge in [-0.15, -0.1) is 0 Å². The second-order valence-electron chi connectivity index (χ2n) is 6.13. The summed E-state index contributed by atoms with van der Waals surface area (Å²) in [5.74, 6) is 3.36. The van der Waals surface area contributed by atoms with Crippen molar-refractivity contribution in [3.63, 3.8) is 0 Å². The lowest BCUT2D eigenvalue weighted by Gasteiger charge is -2.15. The summed E-state index contributed by atoms with van der Waals surface area (Å²) in [5, 5.41) is 2.92. The van der Waals surface area contributed by atoms with Crippen molar-refractivity contribution in [1.29, 1.82) is 0 Å². The van der Waals surface area contributed by atoms with Crippen molar-refractivity contribution in [2.45, 2.75) is 20.0 Å². The molecule has 1 amide bonds. The number of methoxy groups -OCH3 is 3. The number of furan rings is 1. The van der Waals surface area contributed by atoms with E-state index >= 15 is 0 Å². The van der Waals surface area contributed by atoms with Crippen LogP contribution in [0.2, 0.25) is 0 Å². The van der Waals surface area contributed by atoms with Gasteiger partial charge in [0.1, 0.15) is 12.3 Å². The van der Waals surface area contributed by atoms with Crippen molar-refractivity contribution in [2.75, 3.05) is 34.9 Å². The Morgan fingerprint density at radius 3 is 2.27 bits per heavy atom. The summed E-state index contributed by atoms with van der Waals surface area (Å²) in [6, 6.07) is 7.51. The minimum Gasteiger partial charge on any atom is -0.493 e. The van der Waals surface area contributed by atoms with E-state index in [1.807, 2.05) is 38.2 Å². The van der Waals surface area contributed by atoms with Gasteiger partial charge in [-0.3, -0.25) is 4.79 Å². The van der Waals surface area contributed by atoms with Gasteiger partial charge in [-0.05, 0) is 36.8 Å². The van der Waals surface area contributed by atoms with Gasteiger partial charge in [0.2, 0.25) is 5.75 Å². The molecule has 0 aliphatic heterocycles. The van der Waals surface area contributed by atoms with Crippen LogP contribution in [0.5, 0.6) is 17.2 Å². The molecular weight excluding hydrogens is 336 g/mol. The largest absolute Gasteiger partial charge is 0.493 e. The average molecular weight is 363 g/mol. The monoisotopic (exact) mass is 363 g/mol. The van der Waals surface area contributed by atoms with Gasteiger partial charge in [0.05, 0.1) is 28.4 Å². The molecule has 2 aromatic rings. The Hall–Kier alpha value is -2.67. The van der Waals surface area contributed by atoms with E-state index in [9.17, 15) is 4.79 Å². The number of benzene rings is 1. The van der Waals surface area contributed by atoms with Gasteiger partial charge in [0, 0.05) is 6.54 Å². The highest BCUT2D eigenvalue weighted by Gasteiger charge is 2.15. The average Bonchev–Trinajstić information content (AvgIpc) is 3.03. The smallest absolute Gasteiger partial charge is 0.275 e. The molecule has 0 spiro atoms. The molecule has 1 aromatic heterocycles. The minimum atomic E-state index is -0.0421. The third-order valence-corrected chi connectivity index (χ3v) is 3.95. The van der Waals surface area contributed by atoms with Crippen LogP contribution in [0.15, 0.2) is 28.7 Å². The normalized spacial score (nSPS) is 11.7. The number of carbonyl (C=O) groups is 1. The van der Waals surface area contributed by atoms with Crippen LogP contribution in [0.25, 0.3) is 0 Å². The quantitative estimate of drug-likeness (QED) is 0.694. The van der Waals surface area contributed by atoms with E-state index in [0.717, 1.165) is 22.0 Å². The third kappa shape index (κ3) is 5.16. The molecule has 0 radical (unpaired) electrons. The van der Waals surface area contributed by atoms with Crippen LogP contribution in [-0.4, -0.2) is 40.8 Å². The number of hydrogen-bond acceptors (Lipinski definition) is 5. The Bertz CT molecular complexity index is 716. The highest BCUT2D eigenvalue weighted by molar-refractivity contribution is 5.76. The van der Waals surface area contributed by atoms with Crippen molar-refractivity contribution in [3.05, 3.63) is 41.3 Å². The molecule has 1 aromatic carbocycles. The third-order valence-electron chi connectivity index (χ3n) is 3.95. The van der Waals surface area contributed by atoms with Crippen LogP contribution in [0.3, 0.4) is 0 Å². The van der Waals surface area contributed by atoms with Gasteiger partial charge in [-0.25, -0.2) is 0 Å². The molecule has 0 fully saturated rings. The molecule has 1 atom stereocenters. The molecule has 2 N–H and O–H groups in total. The number of carbonyl (C=O) groups excluding carboxylic acids is 1. The van der Waals surface area contributed by atoms with E-state index in [2.05, 4.69) is 5.32 Å². The number of aryl methyl sites for hydroxylation is 1. The van der Waals surface area contributed by atoms with Crippen LogP contribution in [0.4, 0.5) is 0 Å². The number of ether oxygens (including phenoxy) is 3. The van der Waals surface area contributed by atoms with E-state index in [1.165, 1.54) is 0 Å². The van der Waals surface area contributed by atoms with Gasteiger partial charge < -0.3 is 28.8 Å². The Kier molecular flexibility index (Phi) is 6.91. The number of quaternary nitrogens is 1. The first kappa shape index (κ1) is 19.7. The van der Waals surface area contributed by atoms with E-state index < -0.39 is 0 Å². The maximum absolute atomic E-state index is 12.2. The zero-order valence-corrected chi connectivity index (χ0v) is 16.0. The van der Waals surface area contributed by atoms with Crippen LogP contribution >= 0.6 is 0 Å². The predicted octanol–water partition coefficient (Wildman–Crippen LogP) is 0.945. The molecular formula is C19H27N2O5+. The minimum absolute atomic E-state index is 0.0421. The molecule has 0 saturated heterocycles. The molecule has 2 rings (SSSR count). The maximum atomic E-state index is 12.2. The maximum Gasteiger partial charge on any atom is 0.275 e. The zero-order chi connectivity index (χ0) is 19.1. The van der Waals surface area contributed by atoms with Crippen LogP contribution in [0.1, 0.15) is 17.1 Å². The predicted molar refractivity (Wildman–Crippen MR) is 96.8 cm³/mol. The summed E-state index contributed by atoms with van der Waals surface area (Å²) in [5.41, 5.74) is 0.868. The van der Waals surface area contributed by atoms with Crippen molar-refractivity contribution in [2.24, 2.45) is 0 Å². The van der Waals surface area contributed by atoms with Gasteiger partial charge in [0.15, 0.2) is 23.8 Å². The lowest BCUT2D eigenvalue weighted by molar-refractivity contribution is -0.886.